The third kappa shape index (κ3) is 28.2. The van der Waals surface area contributed by atoms with Crippen LogP contribution in [0.2, 0.25) is 0 Å². The second kappa shape index (κ2) is 20.6. The molecule has 3 heterocycles. The second-order valence-corrected chi connectivity index (χ2v) is 8.03. The summed E-state index contributed by atoms with van der Waals surface area (Å²) in [7, 11) is -9.89. The summed E-state index contributed by atoms with van der Waals surface area (Å²) in [5.41, 5.74) is 4.29. The fourth-order valence-corrected chi connectivity index (χ4v) is 2.33. The number of halogens is 2. The molecule has 0 aromatic carbocycles. The maximum absolute atomic E-state index is 9.39. The van der Waals surface area contributed by atoms with E-state index in [-0.39, 0.29) is 17.1 Å². The van der Waals surface area contributed by atoms with Crippen molar-refractivity contribution in [2.24, 2.45) is 0 Å². The molecule has 0 spiro atoms. The van der Waals surface area contributed by atoms with Crippen molar-refractivity contribution >= 4 is 5.91 Å². The molecule has 18 heteroatoms. The molecule has 0 aliphatic rings. The Bertz CT molecular complexity index is 866. The molecule has 0 atom stereocenters. The van der Waals surface area contributed by atoms with Crippen molar-refractivity contribution in [1.29, 1.82) is 0 Å². The van der Waals surface area contributed by atoms with Crippen LogP contribution in [0, 0.1) is 25.7 Å². The van der Waals surface area contributed by atoms with E-state index in [1.807, 2.05) is 73.2 Å². The zero-order valence-corrected chi connectivity index (χ0v) is 22.1. The average molecular weight is 619 g/mol. The normalized spacial score (nSPS) is 10.3. The molecule has 208 valence electrons. The van der Waals surface area contributed by atoms with Crippen LogP contribution in [0.4, 0.5) is 0 Å². The number of carbonyl (C=O) groups is 1. The summed E-state index contributed by atoms with van der Waals surface area (Å²) in [6.45, 7) is 3.48. The zero-order valence-electron chi connectivity index (χ0n) is 19.5. The third-order valence-corrected chi connectivity index (χ3v) is 3.48. The zero-order chi connectivity index (χ0) is 28.3. The predicted molar refractivity (Wildman–Crippen MR) is 103 cm³/mol. The van der Waals surface area contributed by atoms with Crippen LogP contribution in [0.25, 0.3) is 0 Å². The van der Waals surface area contributed by atoms with Crippen LogP contribution < -0.4 is 42.8 Å². The first-order chi connectivity index (χ1) is 17.2. The minimum atomic E-state index is -4.94. The Morgan fingerprint density at radius 1 is 0.684 bits per heavy atom. The molecule has 38 heavy (non-hydrogen) atoms. The molecule has 3 aromatic heterocycles. The molecule has 0 aliphatic carbocycles. The van der Waals surface area contributed by atoms with Gasteiger partial charge in [0.15, 0.2) is 0 Å². The first-order valence-corrected chi connectivity index (χ1v) is 12.2. The van der Waals surface area contributed by atoms with Crippen LogP contribution in [-0.2, 0) is 41.5 Å². The van der Waals surface area contributed by atoms with Crippen molar-refractivity contribution in [3.05, 3.63) is 95.5 Å². The molecule has 3 rings (SSSR count). The van der Waals surface area contributed by atoms with Gasteiger partial charge >= 0.3 is 17.1 Å². The molecule has 0 radical (unpaired) electrons. The van der Waals surface area contributed by atoms with Crippen molar-refractivity contribution in [1.82, 2.24) is 25.3 Å². The van der Waals surface area contributed by atoms with Crippen LogP contribution in [-0.4, -0.2) is 25.8 Å². The largest absolute Gasteiger partial charge is 4.00 e. The summed E-state index contributed by atoms with van der Waals surface area (Å²) in [6.07, 6.45) is 5.49. The quantitative estimate of drug-likeness (QED) is 0.198. The Labute approximate surface area is 232 Å². The van der Waals surface area contributed by atoms with E-state index in [0.717, 1.165) is 49.1 Å². The van der Waals surface area contributed by atoms with Gasteiger partial charge in [-0.15, -0.1) is 20.5 Å². The average Bonchev–Trinajstić information content (AvgIpc) is 2.79. The summed E-state index contributed by atoms with van der Waals surface area (Å²) in [5.74, 6) is -0.551. The molecule has 15 nitrogen and oxygen atoms in total. The first-order valence-electron chi connectivity index (χ1n) is 9.71. The molecule has 0 saturated carbocycles. The molecule has 0 bridgehead atoms. The Morgan fingerprint density at radius 3 is 1.08 bits per heavy atom. The van der Waals surface area contributed by atoms with Gasteiger partial charge in [0.05, 0.1) is 17.1 Å². The number of nitrogens with zero attached hydrogens (tertiary/aromatic N) is 4. The van der Waals surface area contributed by atoms with Gasteiger partial charge in [-0.2, -0.15) is 0 Å². The van der Waals surface area contributed by atoms with E-state index >= 15 is 0 Å². The number of carbonyl (C=O) groups excluding carboxylic acids is 1. The number of rotatable bonds is 6. The van der Waals surface area contributed by atoms with Crippen molar-refractivity contribution in [2.75, 3.05) is 0 Å². The van der Waals surface area contributed by atoms with E-state index in [0.29, 0.717) is 0 Å². The Kier molecular flexibility index (Phi) is 20.4. The van der Waals surface area contributed by atoms with Gasteiger partial charge in [-0.25, -0.2) is 37.3 Å². The standard InChI is InChI=1S/C18H18N4.C2H4NO2.2ClHO4.Fe/c1-4-10-19-16(7-1)13-22(14-17-8-2-5-11-20-17)15-18-9-3-6-12-21-18;1-2(4)3-5;2*2-1(3,4)5;/h1-12H,13-15H2;1H3,(H-,3,4,5);2*(H,2,3,4,5);/q;-1;;;+4/p-2. The molecule has 0 saturated heterocycles. The summed E-state index contributed by atoms with van der Waals surface area (Å²) < 4.78 is 67.9. The summed E-state index contributed by atoms with van der Waals surface area (Å²) in [6, 6.07) is 18.0. The minimum Gasteiger partial charge on any atom is -0.759 e. The second-order valence-electron chi connectivity index (χ2n) is 6.52. The van der Waals surface area contributed by atoms with E-state index in [4.69, 9.17) is 42.5 Å². The Hall–Kier alpha value is -2.38. The number of pyridine rings is 3. The molecule has 0 aliphatic heterocycles. The first kappa shape index (κ1) is 37.8. The number of nitrogens with one attached hydrogen (secondary N) is 1. The molecule has 1 N–H and O–H groups in total. The molecule has 1 amide bonds. The summed E-state index contributed by atoms with van der Waals surface area (Å²) in [5, 5.41) is 9.03. The van der Waals surface area contributed by atoms with E-state index in [1.54, 1.807) is 0 Å². The molecule has 0 unspecified atom stereocenters. The predicted octanol–water partition coefficient (Wildman–Crippen LogP) is -6.82. The third-order valence-electron chi connectivity index (χ3n) is 3.48. The van der Waals surface area contributed by atoms with Crippen LogP contribution in [0.1, 0.15) is 24.0 Å². The van der Waals surface area contributed by atoms with Crippen LogP contribution in [0.3, 0.4) is 0 Å². The summed E-state index contributed by atoms with van der Waals surface area (Å²) >= 11 is 0. The smallest absolute Gasteiger partial charge is 0.759 e. The molecule has 3 aromatic rings. The molecule has 0 fully saturated rings. The fraction of sp³-hybridized carbons (Fsp3) is 0.200. The molecular weight excluding hydrogens is 597 g/mol. The maximum atomic E-state index is 9.39. The number of hydroxylamine groups is 1. The number of amides is 1. The van der Waals surface area contributed by atoms with E-state index in [2.05, 4.69) is 19.9 Å². The van der Waals surface area contributed by atoms with Crippen molar-refractivity contribution in [2.45, 2.75) is 26.6 Å². The van der Waals surface area contributed by atoms with Gasteiger partial charge in [-0.05, 0) is 36.4 Å². The van der Waals surface area contributed by atoms with Gasteiger partial charge < -0.3 is 10.7 Å². The van der Waals surface area contributed by atoms with Crippen LogP contribution >= 0.6 is 0 Å². The topological polar surface area (TPSA) is 279 Å². The van der Waals surface area contributed by atoms with Crippen molar-refractivity contribution in [3.63, 3.8) is 0 Å². The molecular formula is C20H22Cl2FeN5O10+. The SMILES string of the molecule is CC(=O)N[O-].[Fe+4].[O-][Cl+3]([O-])([O-])[O-].[O-][Cl+3]([O-])([O-])[O-].c1ccc(CN(Cc2ccccn2)Cc2ccccn2)nc1. The van der Waals surface area contributed by atoms with Crippen molar-refractivity contribution < 1.29 is 79.6 Å². The summed E-state index contributed by atoms with van der Waals surface area (Å²) in [4.78, 5) is 24.9. The van der Waals surface area contributed by atoms with Gasteiger partial charge in [-0.3, -0.25) is 24.6 Å². The number of hydrogen-bond donors (Lipinski definition) is 1. The fourth-order valence-electron chi connectivity index (χ4n) is 2.33. The van der Waals surface area contributed by atoms with Crippen LogP contribution in [0.15, 0.2) is 73.2 Å². The van der Waals surface area contributed by atoms with Gasteiger partial charge in [0.25, 0.3) is 0 Å². The van der Waals surface area contributed by atoms with E-state index < -0.39 is 26.4 Å². The maximum Gasteiger partial charge on any atom is 4.00 e. The monoisotopic (exact) mass is 618 g/mol. The Morgan fingerprint density at radius 2 is 0.921 bits per heavy atom. The van der Waals surface area contributed by atoms with E-state index in [1.165, 1.54) is 0 Å². The number of aromatic nitrogens is 3. The van der Waals surface area contributed by atoms with E-state index in [9.17, 15) is 4.79 Å². The number of hydrogen-bond acceptors (Lipinski definition) is 14. The Balaban J connectivity index is 0. The van der Waals surface area contributed by atoms with Gasteiger partial charge in [0.2, 0.25) is 5.91 Å². The van der Waals surface area contributed by atoms with Gasteiger partial charge in [0, 0.05) is 45.1 Å². The van der Waals surface area contributed by atoms with Crippen LogP contribution in [0.5, 0.6) is 0 Å². The van der Waals surface area contributed by atoms with Gasteiger partial charge in [0.1, 0.15) is 0 Å². The van der Waals surface area contributed by atoms with Gasteiger partial charge in [-0.1, -0.05) is 18.2 Å². The van der Waals surface area contributed by atoms with Crippen molar-refractivity contribution in [3.8, 4) is 0 Å². The minimum absolute atomic E-state index is 0.